The van der Waals surface area contributed by atoms with Crippen molar-refractivity contribution in [2.24, 2.45) is 5.92 Å². The number of para-hydroxylation sites is 1. The third-order valence-electron chi connectivity index (χ3n) is 9.34. The molecule has 0 radical (unpaired) electrons. The largest absolute Gasteiger partial charge is 0.493 e. The van der Waals surface area contributed by atoms with E-state index in [1.165, 1.54) is 0 Å². The Bertz CT molecular complexity index is 1750. The fourth-order valence-electron chi connectivity index (χ4n) is 6.76. The van der Waals surface area contributed by atoms with Crippen molar-refractivity contribution in [3.63, 3.8) is 0 Å². The maximum atomic E-state index is 14.2. The number of piperidine rings is 1. The molecule has 13 nitrogen and oxygen atoms in total. The summed E-state index contributed by atoms with van der Waals surface area (Å²) in [5.41, 5.74) is 3.03. The Morgan fingerprint density at radius 1 is 0.979 bits per heavy atom. The van der Waals surface area contributed by atoms with Crippen LogP contribution in [-0.2, 0) is 11.3 Å². The van der Waals surface area contributed by atoms with Crippen LogP contribution < -0.4 is 24.4 Å². The lowest BCUT2D eigenvalue weighted by molar-refractivity contribution is -0.121. The highest BCUT2D eigenvalue weighted by atomic mass is 16.5. The van der Waals surface area contributed by atoms with Gasteiger partial charge < -0.3 is 29.3 Å². The third-order valence-corrected chi connectivity index (χ3v) is 9.34. The molecule has 0 saturated carbocycles. The van der Waals surface area contributed by atoms with Crippen LogP contribution in [0.5, 0.6) is 17.2 Å². The van der Waals surface area contributed by atoms with Gasteiger partial charge in [0.15, 0.2) is 11.5 Å². The minimum absolute atomic E-state index is 0.0584. The van der Waals surface area contributed by atoms with Gasteiger partial charge >= 0.3 is 0 Å². The summed E-state index contributed by atoms with van der Waals surface area (Å²) in [6, 6.07) is 11.5. The highest BCUT2D eigenvalue weighted by molar-refractivity contribution is 5.98. The fourth-order valence-corrected chi connectivity index (χ4v) is 6.76. The molecule has 2 amide bonds. The number of fused-ring (bicyclic) bond motifs is 5. The van der Waals surface area contributed by atoms with Crippen LogP contribution in [0.2, 0.25) is 0 Å². The van der Waals surface area contributed by atoms with E-state index in [4.69, 9.17) is 19.2 Å². The second-order valence-electron chi connectivity index (χ2n) is 12.2. The van der Waals surface area contributed by atoms with E-state index in [1.807, 2.05) is 30.3 Å². The molecule has 2 bridgehead atoms. The van der Waals surface area contributed by atoms with Crippen LogP contribution in [0.25, 0.3) is 16.6 Å². The molecule has 0 spiro atoms. The lowest BCUT2D eigenvalue weighted by atomic mass is 9.97. The molecule has 6 rings (SSSR count). The first-order chi connectivity index (χ1) is 23.4. The molecule has 2 aromatic heterocycles. The molecule has 1 fully saturated rings. The van der Waals surface area contributed by atoms with E-state index in [0.717, 1.165) is 54.8 Å². The number of nitrogens with one attached hydrogen (secondary N) is 1. The maximum Gasteiger partial charge on any atom is 0.256 e. The van der Waals surface area contributed by atoms with Crippen LogP contribution >= 0.6 is 0 Å². The number of aromatic nitrogens is 4. The number of pyridine rings is 1. The Morgan fingerprint density at radius 3 is 2.52 bits per heavy atom. The van der Waals surface area contributed by atoms with E-state index in [-0.39, 0.29) is 24.2 Å². The SMILES string of the molecule is CCN1CCN(C(=O)c2ccccc2-n2cnnc2)CCC(=O)NCC2CCCN(C2)c2nc3cc(OC)c(OC)c(OC)c3cc2C1. The minimum Gasteiger partial charge on any atom is -0.493 e. The molecule has 48 heavy (non-hydrogen) atoms. The molecule has 4 aromatic rings. The Labute approximate surface area is 280 Å². The molecule has 2 aliphatic rings. The molecule has 254 valence electrons. The molecule has 4 heterocycles. The molecule has 2 aliphatic heterocycles. The standard InChI is InChI=1S/C35H44N8O5/c1-5-40-15-16-41(35(45)26-10-6-7-11-29(26)43-22-37-38-23-43)14-12-31(44)36-19-24-9-8-13-42(20-24)34-25(21-40)17-27-28(39-34)18-30(46-2)33(48-4)32(27)47-3/h6-7,10-11,17-18,22-24H,5,8-9,12-16,19-21H2,1-4H3,(H,36,44). The Hall–Kier alpha value is -4.91. The summed E-state index contributed by atoms with van der Waals surface area (Å²) in [6.07, 6.45) is 5.39. The molecular formula is C35H44N8O5. The first kappa shape index (κ1) is 33.0. The summed E-state index contributed by atoms with van der Waals surface area (Å²) in [6.45, 7) is 7.06. The van der Waals surface area contributed by atoms with Crippen molar-refractivity contribution in [3.05, 3.63) is 60.2 Å². The molecule has 1 unspecified atom stereocenters. The zero-order valence-corrected chi connectivity index (χ0v) is 28.1. The average molecular weight is 657 g/mol. The van der Waals surface area contributed by atoms with Crippen molar-refractivity contribution in [2.45, 2.75) is 32.7 Å². The number of anilines is 1. The number of ether oxygens (including phenoxy) is 3. The molecule has 13 heteroatoms. The number of rotatable bonds is 6. The normalized spacial score (nSPS) is 18.0. The first-order valence-electron chi connectivity index (χ1n) is 16.5. The van der Waals surface area contributed by atoms with Gasteiger partial charge in [-0.05, 0) is 43.5 Å². The number of carbonyl (C=O) groups is 2. The summed E-state index contributed by atoms with van der Waals surface area (Å²) in [4.78, 5) is 39.0. The van der Waals surface area contributed by atoms with Gasteiger partial charge in [0.2, 0.25) is 11.7 Å². The van der Waals surface area contributed by atoms with E-state index in [2.05, 4.69) is 38.3 Å². The number of amides is 2. The van der Waals surface area contributed by atoms with E-state index < -0.39 is 0 Å². The van der Waals surface area contributed by atoms with E-state index in [9.17, 15) is 9.59 Å². The van der Waals surface area contributed by atoms with Gasteiger partial charge in [0, 0.05) is 69.3 Å². The molecular weight excluding hydrogens is 612 g/mol. The minimum atomic E-state index is -0.145. The van der Waals surface area contributed by atoms with Crippen LogP contribution in [0.4, 0.5) is 5.82 Å². The summed E-state index contributed by atoms with van der Waals surface area (Å²) in [5, 5.41) is 11.8. The third kappa shape index (κ3) is 6.86. The van der Waals surface area contributed by atoms with Gasteiger partial charge in [0.1, 0.15) is 18.5 Å². The second kappa shape index (κ2) is 14.9. The first-order valence-corrected chi connectivity index (χ1v) is 16.5. The fraction of sp³-hybridized carbons (Fsp3) is 0.457. The molecule has 1 atom stereocenters. The van der Waals surface area contributed by atoms with Gasteiger partial charge in [0.25, 0.3) is 5.91 Å². The lowest BCUT2D eigenvalue weighted by Crippen LogP contribution is -2.42. The van der Waals surface area contributed by atoms with Crippen molar-refractivity contribution in [3.8, 4) is 22.9 Å². The van der Waals surface area contributed by atoms with Crippen LogP contribution in [0.1, 0.15) is 42.1 Å². The predicted octanol–water partition coefficient (Wildman–Crippen LogP) is 3.54. The topological polar surface area (TPSA) is 127 Å². The average Bonchev–Trinajstić information content (AvgIpc) is 3.67. The second-order valence-corrected chi connectivity index (χ2v) is 12.2. The van der Waals surface area contributed by atoms with E-state index in [1.54, 1.807) is 43.5 Å². The molecule has 1 saturated heterocycles. The quantitative estimate of drug-likeness (QED) is 0.329. The van der Waals surface area contributed by atoms with Gasteiger partial charge in [-0.2, -0.15) is 0 Å². The zero-order chi connectivity index (χ0) is 33.6. The summed E-state index contributed by atoms with van der Waals surface area (Å²) < 4.78 is 18.9. The van der Waals surface area contributed by atoms with E-state index in [0.29, 0.717) is 61.2 Å². The number of carbonyl (C=O) groups excluding carboxylic acids is 2. The highest BCUT2D eigenvalue weighted by Gasteiger charge is 2.28. The molecule has 2 aromatic carbocycles. The van der Waals surface area contributed by atoms with Gasteiger partial charge in [0.05, 0.1) is 38.1 Å². The molecule has 1 N–H and O–H groups in total. The number of nitrogens with zero attached hydrogens (tertiary/aromatic N) is 7. The van der Waals surface area contributed by atoms with Gasteiger partial charge in [-0.3, -0.25) is 19.1 Å². The Morgan fingerprint density at radius 2 is 1.77 bits per heavy atom. The lowest BCUT2D eigenvalue weighted by Gasteiger charge is -2.35. The highest BCUT2D eigenvalue weighted by Crippen LogP contribution is 2.44. The zero-order valence-electron chi connectivity index (χ0n) is 28.1. The maximum absolute atomic E-state index is 14.2. The van der Waals surface area contributed by atoms with Crippen molar-refractivity contribution >= 4 is 28.5 Å². The smallest absolute Gasteiger partial charge is 0.256 e. The van der Waals surface area contributed by atoms with Crippen LogP contribution in [0, 0.1) is 5.92 Å². The number of hydrogen-bond acceptors (Lipinski definition) is 10. The van der Waals surface area contributed by atoms with Gasteiger partial charge in [-0.1, -0.05) is 19.1 Å². The van der Waals surface area contributed by atoms with Crippen LogP contribution in [0.3, 0.4) is 0 Å². The Balaban J connectivity index is 1.38. The summed E-state index contributed by atoms with van der Waals surface area (Å²) in [5.74, 6) is 2.63. The van der Waals surface area contributed by atoms with Crippen molar-refractivity contribution in [1.29, 1.82) is 0 Å². The van der Waals surface area contributed by atoms with Crippen molar-refractivity contribution in [2.75, 3.05) is 72.0 Å². The number of methoxy groups -OCH3 is 3. The summed E-state index contributed by atoms with van der Waals surface area (Å²) in [7, 11) is 4.83. The number of likely N-dealkylation sites (N-methyl/N-ethyl adjacent to an activating group) is 1. The van der Waals surface area contributed by atoms with Crippen LogP contribution in [0.15, 0.2) is 49.1 Å². The number of hydrogen-bond donors (Lipinski definition) is 1. The number of benzene rings is 2. The van der Waals surface area contributed by atoms with Gasteiger partial charge in [-0.15, -0.1) is 10.2 Å². The molecule has 0 aliphatic carbocycles. The van der Waals surface area contributed by atoms with Crippen LogP contribution in [-0.4, -0.2) is 109 Å². The monoisotopic (exact) mass is 656 g/mol. The Kier molecular flexibility index (Phi) is 10.2. The summed E-state index contributed by atoms with van der Waals surface area (Å²) >= 11 is 0. The van der Waals surface area contributed by atoms with Crippen molar-refractivity contribution < 1.29 is 23.8 Å². The van der Waals surface area contributed by atoms with E-state index >= 15 is 0 Å². The van der Waals surface area contributed by atoms with Crippen molar-refractivity contribution in [1.82, 2.24) is 34.9 Å². The predicted molar refractivity (Wildman–Crippen MR) is 182 cm³/mol. The van der Waals surface area contributed by atoms with Gasteiger partial charge in [-0.25, -0.2) is 4.98 Å².